The fraction of sp³-hybridized carbons (Fsp3) is 0.200. The molecule has 4 aromatic rings. The first-order chi connectivity index (χ1) is 14.9. The van der Waals surface area contributed by atoms with Crippen LogP contribution in [-0.2, 0) is 23.1 Å². The van der Waals surface area contributed by atoms with Crippen molar-refractivity contribution in [3.05, 3.63) is 59.9 Å². The van der Waals surface area contributed by atoms with Gasteiger partial charge < -0.3 is 19.7 Å². The SMILES string of the molecule is COc1cc2c(NS(=O)(=O)c3ccccc3OC)noc2cc1Cn1cc(CN)cn1. The summed E-state index contributed by atoms with van der Waals surface area (Å²) in [6, 6.07) is 9.73. The van der Waals surface area contributed by atoms with Gasteiger partial charge in [0.1, 0.15) is 16.4 Å². The van der Waals surface area contributed by atoms with Gasteiger partial charge >= 0.3 is 0 Å². The van der Waals surface area contributed by atoms with Crippen molar-refractivity contribution in [3.63, 3.8) is 0 Å². The maximum absolute atomic E-state index is 12.9. The van der Waals surface area contributed by atoms with E-state index in [2.05, 4.69) is 15.0 Å². The van der Waals surface area contributed by atoms with Gasteiger partial charge in [-0.25, -0.2) is 8.42 Å². The Kier molecular flexibility index (Phi) is 5.53. The number of nitrogens with zero attached hydrogens (tertiary/aromatic N) is 3. The molecule has 162 valence electrons. The van der Waals surface area contributed by atoms with E-state index in [-0.39, 0.29) is 16.5 Å². The van der Waals surface area contributed by atoms with Gasteiger partial charge in [-0.05, 0) is 24.3 Å². The molecule has 0 fully saturated rings. The number of nitrogens with two attached hydrogens (primary N) is 1. The van der Waals surface area contributed by atoms with E-state index in [9.17, 15) is 8.42 Å². The van der Waals surface area contributed by atoms with Gasteiger partial charge in [-0.15, -0.1) is 0 Å². The molecule has 11 heteroatoms. The third-order valence-electron chi connectivity index (χ3n) is 4.72. The number of para-hydroxylation sites is 1. The van der Waals surface area contributed by atoms with Crippen LogP contribution in [0.1, 0.15) is 11.1 Å². The number of methoxy groups -OCH3 is 2. The van der Waals surface area contributed by atoms with Gasteiger partial charge in [-0.1, -0.05) is 17.3 Å². The zero-order valence-electron chi connectivity index (χ0n) is 16.9. The molecule has 10 nitrogen and oxygen atoms in total. The molecule has 2 aromatic carbocycles. The molecule has 0 spiro atoms. The van der Waals surface area contributed by atoms with E-state index in [1.807, 2.05) is 6.20 Å². The fourth-order valence-corrected chi connectivity index (χ4v) is 4.38. The molecule has 0 unspecified atom stereocenters. The van der Waals surface area contributed by atoms with Gasteiger partial charge in [0.2, 0.25) is 0 Å². The maximum atomic E-state index is 12.9. The van der Waals surface area contributed by atoms with E-state index < -0.39 is 10.0 Å². The second kappa shape index (κ2) is 8.28. The van der Waals surface area contributed by atoms with E-state index in [1.165, 1.54) is 20.3 Å². The second-order valence-electron chi connectivity index (χ2n) is 6.70. The fourth-order valence-electron chi connectivity index (χ4n) is 3.19. The van der Waals surface area contributed by atoms with Crippen LogP contribution in [0.2, 0.25) is 0 Å². The van der Waals surface area contributed by atoms with Crippen molar-refractivity contribution in [2.24, 2.45) is 5.73 Å². The summed E-state index contributed by atoms with van der Waals surface area (Å²) in [6.07, 6.45) is 3.54. The van der Waals surface area contributed by atoms with Gasteiger partial charge in [0.15, 0.2) is 11.4 Å². The lowest BCUT2D eigenvalue weighted by Crippen LogP contribution is -2.14. The first kappa shape index (κ1) is 20.7. The number of rotatable bonds is 8. The molecule has 4 rings (SSSR count). The van der Waals surface area contributed by atoms with Crippen LogP contribution in [0.3, 0.4) is 0 Å². The van der Waals surface area contributed by atoms with Gasteiger partial charge in [0, 0.05) is 23.9 Å². The van der Waals surface area contributed by atoms with Crippen LogP contribution >= 0.6 is 0 Å². The van der Waals surface area contributed by atoms with E-state index in [0.29, 0.717) is 29.8 Å². The van der Waals surface area contributed by atoms with Crippen molar-refractivity contribution >= 4 is 26.8 Å². The third kappa shape index (κ3) is 4.05. The predicted octanol–water partition coefficient (Wildman–Crippen LogP) is 2.35. The molecular formula is C20H21N5O5S. The largest absolute Gasteiger partial charge is 0.496 e. The summed E-state index contributed by atoms with van der Waals surface area (Å²) in [5.41, 5.74) is 7.74. The molecule has 0 aliphatic heterocycles. The van der Waals surface area contributed by atoms with E-state index >= 15 is 0 Å². The number of fused-ring (bicyclic) bond motifs is 1. The summed E-state index contributed by atoms with van der Waals surface area (Å²) < 4.78 is 46.0. The first-order valence-electron chi connectivity index (χ1n) is 9.28. The van der Waals surface area contributed by atoms with E-state index in [1.54, 1.807) is 41.2 Å². The zero-order valence-corrected chi connectivity index (χ0v) is 17.7. The minimum absolute atomic E-state index is 0.00775. The highest BCUT2D eigenvalue weighted by Gasteiger charge is 2.23. The van der Waals surface area contributed by atoms with Crippen LogP contribution in [0.25, 0.3) is 11.0 Å². The average molecular weight is 443 g/mol. The summed E-state index contributed by atoms with van der Waals surface area (Å²) in [6.45, 7) is 0.816. The number of ether oxygens (including phenoxy) is 2. The lowest BCUT2D eigenvalue weighted by atomic mass is 10.1. The Hall–Kier alpha value is -3.57. The predicted molar refractivity (Wildman–Crippen MR) is 114 cm³/mol. The van der Waals surface area contributed by atoms with Crippen LogP contribution in [0.15, 0.2) is 58.2 Å². The highest BCUT2D eigenvalue weighted by Crippen LogP contribution is 2.33. The summed E-state index contributed by atoms with van der Waals surface area (Å²) in [4.78, 5) is -0.00775. The van der Waals surface area contributed by atoms with Crippen LogP contribution in [0.4, 0.5) is 5.82 Å². The number of nitrogens with one attached hydrogen (secondary N) is 1. The summed E-state index contributed by atoms with van der Waals surface area (Å²) in [5.74, 6) is 0.812. The minimum atomic E-state index is -3.96. The molecule has 0 aliphatic rings. The number of hydrogen-bond acceptors (Lipinski definition) is 8. The van der Waals surface area contributed by atoms with Crippen molar-refractivity contribution < 1.29 is 22.4 Å². The molecule has 0 atom stereocenters. The average Bonchev–Trinajstić information content (AvgIpc) is 3.39. The van der Waals surface area contributed by atoms with Crippen LogP contribution in [-0.4, -0.2) is 37.6 Å². The lowest BCUT2D eigenvalue weighted by molar-refractivity contribution is 0.403. The Labute approximate surface area is 178 Å². The molecule has 0 bridgehead atoms. The molecule has 0 amide bonds. The number of anilines is 1. The van der Waals surface area contributed by atoms with Gasteiger partial charge in [0.25, 0.3) is 10.0 Å². The van der Waals surface area contributed by atoms with Crippen molar-refractivity contribution in [1.82, 2.24) is 14.9 Å². The van der Waals surface area contributed by atoms with E-state index in [4.69, 9.17) is 19.7 Å². The van der Waals surface area contributed by atoms with Crippen molar-refractivity contribution in [3.8, 4) is 11.5 Å². The van der Waals surface area contributed by atoms with Crippen molar-refractivity contribution in [2.45, 2.75) is 18.0 Å². The molecule has 31 heavy (non-hydrogen) atoms. The van der Waals surface area contributed by atoms with Crippen LogP contribution in [0, 0.1) is 0 Å². The second-order valence-corrected chi connectivity index (χ2v) is 8.35. The molecule has 0 saturated carbocycles. The first-order valence-corrected chi connectivity index (χ1v) is 10.8. The Morgan fingerprint density at radius 3 is 2.65 bits per heavy atom. The monoisotopic (exact) mass is 443 g/mol. The molecule has 0 aliphatic carbocycles. The number of hydrogen-bond donors (Lipinski definition) is 2. The van der Waals surface area contributed by atoms with Gasteiger partial charge in [-0.3, -0.25) is 9.40 Å². The topological polar surface area (TPSA) is 134 Å². The normalized spacial score (nSPS) is 11.6. The number of benzene rings is 2. The summed E-state index contributed by atoms with van der Waals surface area (Å²) >= 11 is 0. The Balaban J connectivity index is 1.69. The molecule has 0 radical (unpaired) electrons. The maximum Gasteiger partial charge on any atom is 0.266 e. The molecular weight excluding hydrogens is 422 g/mol. The van der Waals surface area contributed by atoms with Crippen molar-refractivity contribution in [1.29, 1.82) is 0 Å². The Morgan fingerprint density at radius 2 is 1.94 bits per heavy atom. The minimum Gasteiger partial charge on any atom is -0.496 e. The summed E-state index contributed by atoms with van der Waals surface area (Å²) in [7, 11) is -1.02. The molecule has 2 heterocycles. The van der Waals surface area contributed by atoms with Crippen molar-refractivity contribution in [2.75, 3.05) is 18.9 Å². The molecule has 3 N–H and O–H groups in total. The zero-order chi connectivity index (χ0) is 22.0. The lowest BCUT2D eigenvalue weighted by Gasteiger charge is -2.11. The third-order valence-corrected chi connectivity index (χ3v) is 6.10. The molecule has 0 saturated heterocycles. The standard InChI is InChI=1S/C20H21N5O5S/c1-28-16-5-3-4-6-19(16)31(26,27)24-20-15-8-17(29-2)14(7-18(15)30-23-20)12-25-11-13(9-21)10-22-25/h3-8,10-11H,9,12,21H2,1-2H3,(H,23,24). The van der Waals surface area contributed by atoms with Crippen LogP contribution < -0.4 is 19.9 Å². The highest BCUT2D eigenvalue weighted by molar-refractivity contribution is 7.92. The van der Waals surface area contributed by atoms with Gasteiger partial charge in [0.05, 0.1) is 32.3 Å². The van der Waals surface area contributed by atoms with Gasteiger partial charge in [-0.2, -0.15) is 5.10 Å². The smallest absolute Gasteiger partial charge is 0.266 e. The number of sulfonamides is 1. The quantitative estimate of drug-likeness (QED) is 0.424. The Bertz CT molecular complexity index is 1330. The highest BCUT2D eigenvalue weighted by atomic mass is 32.2. The Morgan fingerprint density at radius 1 is 1.16 bits per heavy atom. The van der Waals surface area contributed by atoms with Crippen LogP contribution in [0.5, 0.6) is 11.5 Å². The van der Waals surface area contributed by atoms with E-state index in [0.717, 1.165) is 11.1 Å². The number of aromatic nitrogens is 3. The summed E-state index contributed by atoms with van der Waals surface area (Å²) in [5, 5.41) is 8.63. The molecule has 2 aromatic heterocycles.